The van der Waals surface area contributed by atoms with E-state index in [4.69, 9.17) is 0 Å². The second-order valence-corrected chi connectivity index (χ2v) is 9.25. The van der Waals surface area contributed by atoms with Gasteiger partial charge in [-0.15, -0.1) is 11.3 Å². The molecule has 4 rings (SSSR count). The Bertz CT molecular complexity index is 773. The third kappa shape index (κ3) is 2.67. The van der Waals surface area contributed by atoms with E-state index in [2.05, 4.69) is 37.1 Å². The van der Waals surface area contributed by atoms with Crippen molar-refractivity contribution in [1.29, 1.82) is 0 Å². The Balaban J connectivity index is 1.76. The number of nitrogens with one attached hydrogen (secondary N) is 1. The lowest BCUT2D eigenvalue weighted by molar-refractivity contribution is -0.116. The quantitative estimate of drug-likeness (QED) is 0.812. The monoisotopic (exact) mass is 340 g/mol. The molecule has 0 spiro atoms. The van der Waals surface area contributed by atoms with Crippen LogP contribution in [0.3, 0.4) is 0 Å². The molecule has 3 heterocycles. The summed E-state index contributed by atoms with van der Waals surface area (Å²) >= 11 is 1.81. The molecule has 3 nitrogen and oxygen atoms in total. The minimum Gasteiger partial charge on any atom is -0.317 e. The predicted molar refractivity (Wildman–Crippen MR) is 98.6 cm³/mol. The summed E-state index contributed by atoms with van der Waals surface area (Å²) < 4.78 is 0. The van der Waals surface area contributed by atoms with Crippen LogP contribution >= 0.6 is 11.3 Å². The van der Waals surface area contributed by atoms with Crippen LogP contribution in [0, 0.1) is 11.3 Å². The molecule has 0 saturated heterocycles. The summed E-state index contributed by atoms with van der Waals surface area (Å²) in [7, 11) is 0. The van der Waals surface area contributed by atoms with Crippen molar-refractivity contribution >= 4 is 22.2 Å². The molecule has 0 aromatic carbocycles. The smallest absolute Gasteiger partial charge is 0.225 e. The Morgan fingerprint density at radius 2 is 2.12 bits per heavy atom. The van der Waals surface area contributed by atoms with Crippen molar-refractivity contribution in [3.63, 3.8) is 0 Å². The van der Waals surface area contributed by atoms with Crippen LogP contribution in [-0.2, 0) is 17.6 Å². The zero-order valence-electron chi connectivity index (χ0n) is 14.6. The molecule has 0 saturated carbocycles. The number of fused-ring (bicyclic) bond motifs is 3. The lowest BCUT2D eigenvalue weighted by Crippen LogP contribution is -2.27. The lowest BCUT2D eigenvalue weighted by atomic mass is 9.71. The van der Waals surface area contributed by atoms with Crippen LogP contribution in [0.1, 0.15) is 61.1 Å². The van der Waals surface area contributed by atoms with E-state index in [1.54, 1.807) is 6.20 Å². The van der Waals surface area contributed by atoms with Gasteiger partial charge in [-0.1, -0.05) is 26.8 Å². The summed E-state index contributed by atoms with van der Waals surface area (Å²) in [5.41, 5.74) is 4.38. The second kappa shape index (κ2) is 5.69. The third-order valence-electron chi connectivity index (χ3n) is 5.61. The van der Waals surface area contributed by atoms with Crippen LogP contribution in [0.15, 0.2) is 24.5 Å². The lowest BCUT2D eigenvalue weighted by Gasteiger charge is -2.34. The number of rotatable bonds is 1. The number of carbonyl (C=O) groups excluding carboxylic acids is 1. The normalized spacial score (nSPS) is 23.4. The standard InChI is InChI=1S/C20H24N2OS/c1-20(2,3)13-6-7-14-16(9-13)24-19-18(14)15(10-17(23)22-19)12-5-4-8-21-11-12/h4-5,8,11,13,15H,6-7,9-10H2,1-3H3,(H,22,23)/t13-,15+/m0/s1. The minimum atomic E-state index is 0.127. The number of hydrogen-bond acceptors (Lipinski definition) is 3. The van der Waals surface area contributed by atoms with Gasteiger partial charge in [0.25, 0.3) is 0 Å². The van der Waals surface area contributed by atoms with Gasteiger partial charge in [0, 0.05) is 29.6 Å². The van der Waals surface area contributed by atoms with Crippen molar-refractivity contribution in [2.75, 3.05) is 5.32 Å². The van der Waals surface area contributed by atoms with Gasteiger partial charge in [0.1, 0.15) is 0 Å². The highest BCUT2D eigenvalue weighted by atomic mass is 32.1. The minimum absolute atomic E-state index is 0.127. The molecule has 0 unspecified atom stereocenters. The first-order chi connectivity index (χ1) is 11.4. The van der Waals surface area contributed by atoms with Crippen molar-refractivity contribution in [2.45, 2.75) is 52.4 Å². The van der Waals surface area contributed by atoms with Gasteiger partial charge < -0.3 is 5.32 Å². The van der Waals surface area contributed by atoms with Gasteiger partial charge in [-0.05, 0) is 53.4 Å². The number of anilines is 1. The molecular weight excluding hydrogens is 316 g/mol. The number of amides is 1. The highest BCUT2D eigenvalue weighted by molar-refractivity contribution is 7.16. The van der Waals surface area contributed by atoms with Crippen molar-refractivity contribution < 1.29 is 4.79 Å². The van der Waals surface area contributed by atoms with E-state index in [0.717, 1.165) is 29.3 Å². The van der Waals surface area contributed by atoms with Crippen LogP contribution in [0.2, 0.25) is 0 Å². The average Bonchev–Trinajstić information content (AvgIpc) is 2.91. The molecule has 2 aliphatic rings. The first kappa shape index (κ1) is 15.8. The first-order valence-corrected chi connectivity index (χ1v) is 9.59. The molecule has 2 atom stereocenters. The van der Waals surface area contributed by atoms with Crippen LogP contribution < -0.4 is 5.32 Å². The van der Waals surface area contributed by atoms with Gasteiger partial charge >= 0.3 is 0 Å². The SMILES string of the molecule is CC(C)(C)[C@H]1CCc2c(sc3c2[C@@H](c2cccnc2)CC(=O)N3)C1. The second-order valence-electron chi connectivity index (χ2n) is 8.14. The maximum atomic E-state index is 12.2. The van der Waals surface area contributed by atoms with Crippen molar-refractivity contribution in [3.8, 4) is 0 Å². The van der Waals surface area contributed by atoms with Crippen molar-refractivity contribution in [1.82, 2.24) is 4.98 Å². The van der Waals surface area contributed by atoms with Crippen LogP contribution in [0.25, 0.3) is 0 Å². The molecule has 2 aromatic rings. The predicted octanol–water partition coefficient (Wildman–Crippen LogP) is 4.77. The van der Waals surface area contributed by atoms with Gasteiger partial charge in [0.05, 0.1) is 5.00 Å². The number of nitrogens with zero attached hydrogens (tertiary/aromatic N) is 1. The summed E-state index contributed by atoms with van der Waals surface area (Å²) in [5.74, 6) is 1.01. The first-order valence-electron chi connectivity index (χ1n) is 8.77. The zero-order chi connectivity index (χ0) is 16.9. The fraction of sp³-hybridized carbons (Fsp3) is 0.500. The van der Waals surface area contributed by atoms with Gasteiger partial charge in [-0.3, -0.25) is 9.78 Å². The molecular formula is C20H24N2OS. The molecule has 0 radical (unpaired) electrons. The molecule has 126 valence electrons. The molecule has 1 aliphatic carbocycles. The van der Waals surface area contributed by atoms with E-state index < -0.39 is 0 Å². The highest BCUT2D eigenvalue weighted by Gasteiger charge is 2.37. The van der Waals surface area contributed by atoms with Gasteiger partial charge in [-0.2, -0.15) is 0 Å². The highest BCUT2D eigenvalue weighted by Crippen LogP contribution is 2.50. The summed E-state index contributed by atoms with van der Waals surface area (Å²) in [4.78, 5) is 18.0. The molecule has 2 aromatic heterocycles. The molecule has 24 heavy (non-hydrogen) atoms. The largest absolute Gasteiger partial charge is 0.317 e. The van der Waals surface area contributed by atoms with E-state index in [0.29, 0.717) is 11.8 Å². The molecule has 4 heteroatoms. The van der Waals surface area contributed by atoms with Gasteiger partial charge in [0.2, 0.25) is 5.91 Å². The third-order valence-corrected chi connectivity index (χ3v) is 6.79. The van der Waals surface area contributed by atoms with Crippen molar-refractivity contribution in [3.05, 3.63) is 46.1 Å². The van der Waals surface area contributed by atoms with E-state index >= 15 is 0 Å². The molecule has 0 bridgehead atoms. The van der Waals surface area contributed by atoms with Gasteiger partial charge in [-0.25, -0.2) is 0 Å². The van der Waals surface area contributed by atoms with Crippen LogP contribution in [0.4, 0.5) is 5.00 Å². The van der Waals surface area contributed by atoms with E-state index in [9.17, 15) is 4.79 Å². The number of aromatic nitrogens is 1. The van der Waals surface area contributed by atoms with Gasteiger partial charge in [0.15, 0.2) is 0 Å². The summed E-state index contributed by atoms with van der Waals surface area (Å²) in [6.07, 6.45) is 7.77. The molecule has 1 N–H and O–H groups in total. The number of pyridine rings is 1. The maximum Gasteiger partial charge on any atom is 0.225 e. The van der Waals surface area contributed by atoms with E-state index in [-0.39, 0.29) is 11.8 Å². The molecule has 0 fully saturated rings. The Morgan fingerprint density at radius 1 is 1.29 bits per heavy atom. The number of hydrogen-bond donors (Lipinski definition) is 1. The number of carbonyl (C=O) groups is 1. The average molecular weight is 340 g/mol. The Hall–Kier alpha value is -1.68. The maximum absolute atomic E-state index is 12.2. The van der Waals surface area contributed by atoms with E-state index in [1.165, 1.54) is 22.4 Å². The van der Waals surface area contributed by atoms with Crippen LogP contribution in [0.5, 0.6) is 0 Å². The topological polar surface area (TPSA) is 42.0 Å². The van der Waals surface area contributed by atoms with Crippen LogP contribution in [-0.4, -0.2) is 10.9 Å². The summed E-state index contributed by atoms with van der Waals surface area (Å²) in [6.45, 7) is 7.03. The zero-order valence-corrected chi connectivity index (χ0v) is 15.4. The Labute approximate surface area is 147 Å². The molecule has 1 aliphatic heterocycles. The summed E-state index contributed by atoms with van der Waals surface area (Å²) in [5, 5.41) is 4.21. The summed E-state index contributed by atoms with van der Waals surface area (Å²) in [6, 6.07) is 4.07. The molecule has 1 amide bonds. The Kier molecular flexibility index (Phi) is 3.75. The van der Waals surface area contributed by atoms with E-state index in [1.807, 2.05) is 23.6 Å². The fourth-order valence-corrected chi connectivity index (χ4v) is 5.55. The van der Waals surface area contributed by atoms with Crippen molar-refractivity contribution in [2.24, 2.45) is 11.3 Å². The number of thiophene rings is 1. The Morgan fingerprint density at radius 3 is 2.83 bits per heavy atom. The fourth-order valence-electron chi connectivity index (χ4n) is 4.14.